The number of aliphatic hydroxyl groups is 1. The zero-order chi connectivity index (χ0) is 20.3. The number of hydrogen-bond acceptors (Lipinski definition) is 3. The third-order valence-corrected chi connectivity index (χ3v) is 6.85. The molecule has 4 heteroatoms. The lowest BCUT2D eigenvalue weighted by atomic mass is 9.88. The molecule has 0 aromatic carbocycles. The molecule has 2 aliphatic rings. The summed E-state index contributed by atoms with van der Waals surface area (Å²) < 4.78 is 0. The molecule has 0 spiro atoms. The fourth-order valence-corrected chi connectivity index (χ4v) is 4.98. The van der Waals surface area contributed by atoms with Gasteiger partial charge in [-0.15, -0.1) is 0 Å². The van der Waals surface area contributed by atoms with Crippen LogP contribution in [0.5, 0.6) is 0 Å². The lowest BCUT2D eigenvalue weighted by Crippen LogP contribution is -2.34. The van der Waals surface area contributed by atoms with E-state index < -0.39 is 6.10 Å². The van der Waals surface area contributed by atoms with Gasteiger partial charge in [0, 0.05) is 24.1 Å². The minimum atomic E-state index is -0.733. The van der Waals surface area contributed by atoms with Crippen molar-refractivity contribution in [2.24, 2.45) is 5.92 Å². The minimum absolute atomic E-state index is 0.106. The molecule has 1 unspecified atom stereocenters. The largest absolute Gasteiger partial charge is 0.385 e. The van der Waals surface area contributed by atoms with Crippen LogP contribution in [0.2, 0.25) is 0 Å². The second kappa shape index (κ2) is 12.3. The highest BCUT2D eigenvalue weighted by atomic mass is 16.3. The molecule has 2 fully saturated rings. The number of rotatable bonds is 5. The molecule has 2 aliphatic carbocycles. The molecule has 2 saturated carbocycles. The highest BCUT2D eigenvalue weighted by molar-refractivity contribution is 5.78. The second-order valence-corrected chi connectivity index (χ2v) is 9.19. The van der Waals surface area contributed by atoms with Crippen molar-refractivity contribution in [3.05, 3.63) is 29.6 Å². The van der Waals surface area contributed by atoms with Crippen LogP contribution in [0.1, 0.15) is 120 Å². The van der Waals surface area contributed by atoms with Gasteiger partial charge in [0.25, 0.3) is 0 Å². The summed E-state index contributed by atoms with van der Waals surface area (Å²) in [5.41, 5.74) is 1.81. The first kappa shape index (κ1) is 22.3. The van der Waals surface area contributed by atoms with E-state index >= 15 is 0 Å². The summed E-state index contributed by atoms with van der Waals surface area (Å²) >= 11 is 0. The van der Waals surface area contributed by atoms with E-state index in [1.807, 2.05) is 12.1 Å². The van der Waals surface area contributed by atoms with Gasteiger partial charge >= 0.3 is 0 Å². The molecule has 162 valence electrons. The Balaban J connectivity index is 1.53. The van der Waals surface area contributed by atoms with Gasteiger partial charge < -0.3 is 10.4 Å². The van der Waals surface area contributed by atoms with Gasteiger partial charge in [-0.05, 0) is 37.8 Å². The van der Waals surface area contributed by atoms with Gasteiger partial charge in [0.2, 0.25) is 5.91 Å². The van der Waals surface area contributed by atoms with Crippen molar-refractivity contribution in [2.75, 3.05) is 6.54 Å². The molecule has 4 nitrogen and oxygen atoms in total. The van der Waals surface area contributed by atoms with Crippen LogP contribution in [0.25, 0.3) is 0 Å². The van der Waals surface area contributed by atoms with Gasteiger partial charge in [0.05, 0.1) is 5.69 Å². The van der Waals surface area contributed by atoms with E-state index in [9.17, 15) is 9.90 Å². The SMILES string of the molecule is O=C(NCC(O)c1cccc(C2CCCCCCC2)n1)C1CCCCCCCC1. The van der Waals surface area contributed by atoms with Crippen LogP contribution in [-0.4, -0.2) is 22.5 Å². The molecule has 1 atom stereocenters. The highest BCUT2D eigenvalue weighted by Crippen LogP contribution is 2.30. The number of carbonyl (C=O) groups excluding carboxylic acids is 1. The monoisotopic (exact) mass is 400 g/mol. The van der Waals surface area contributed by atoms with Crippen LogP contribution < -0.4 is 5.32 Å². The molecular weight excluding hydrogens is 360 g/mol. The van der Waals surface area contributed by atoms with Crippen molar-refractivity contribution in [3.63, 3.8) is 0 Å². The molecule has 0 aliphatic heterocycles. The molecule has 0 bridgehead atoms. The Bertz CT molecular complexity index is 601. The molecule has 2 N–H and O–H groups in total. The first-order chi connectivity index (χ1) is 14.2. The van der Waals surface area contributed by atoms with Crippen LogP contribution in [0.4, 0.5) is 0 Å². The Hall–Kier alpha value is -1.42. The predicted octanol–water partition coefficient (Wildman–Crippen LogP) is 5.81. The number of aromatic nitrogens is 1. The fraction of sp³-hybridized carbons (Fsp3) is 0.760. The van der Waals surface area contributed by atoms with Crippen molar-refractivity contribution in [1.29, 1.82) is 0 Å². The molecule has 1 aromatic rings. The Morgan fingerprint density at radius 1 is 0.897 bits per heavy atom. The quantitative estimate of drug-likeness (QED) is 0.655. The number of hydrogen-bond donors (Lipinski definition) is 2. The van der Waals surface area contributed by atoms with Gasteiger partial charge in [0.1, 0.15) is 6.10 Å². The Labute approximate surface area is 176 Å². The van der Waals surface area contributed by atoms with Crippen molar-refractivity contribution >= 4 is 5.91 Å². The number of amides is 1. The van der Waals surface area contributed by atoms with E-state index in [1.54, 1.807) is 0 Å². The lowest BCUT2D eigenvalue weighted by molar-refractivity contribution is -0.126. The van der Waals surface area contributed by atoms with Crippen LogP contribution in [0.3, 0.4) is 0 Å². The Morgan fingerprint density at radius 3 is 2.07 bits per heavy atom. The number of nitrogens with one attached hydrogen (secondary N) is 1. The Morgan fingerprint density at radius 2 is 1.45 bits per heavy atom. The standard InChI is InChI=1S/C25H40N2O2/c28-24(19-26-25(29)21-15-10-4-1-2-5-11-16-21)23-18-12-17-22(27-23)20-13-8-6-3-7-9-14-20/h12,17-18,20-21,24,28H,1-11,13-16,19H2,(H,26,29). The summed E-state index contributed by atoms with van der Waals surface area (Å²) in [6, 6.07) is 6.02. The van der Waals surface area contributed by atoms with Gasteiger partial charge in [0.15, 0.2) is 0 Å². The molecule has 1 heterocycles. The number of pyridine rings is 1. The maximum atomic E-state index is 12.7. The fourth-order valence-electron chi connectivity index (χ4n) is 4.98. The zero-order valence-electron chi connectivity index (χ0n) is 18.1. The van der Waals surface area contributed by atoms with Gasteiger partial charge in [-0.2, -0.15) is 0 Å². The molecule has 1 aromatic heterocycles. The van der Waals surface area contributed by atoms with Crippen molar-refractivity contribution in [2.45, 2.75) is 108 Å². The van der Waals surface area contributed by atoms with Crippen LogP contribution in [0.15, 0.2) is 18.2 Å². The summed E-state index contributed by atoms with van der Waals surface area (Å²) in [6.45, 7) is 0.260. The average Bonchev–Trinajstić information content (AvgIpc) is 2.86. The summed E-state index contributed by atoms with van der Waals surface area (Å²) in [5, 5.41) is 13.7. The van der Waals surface area contributed by atoms with E-state index in [2.05, 4.69) is 11.4 Å². The molecule has 29 heavy (non-hydrogen) atoms. The molecule has 3 rings (SSSR count). The normalized spacial score (nSPS) is 21.8. The van der Waals surface area contributed by atoms with Crippen molar-refractivity contribution < 1.29 is 9.90 Å². The number of carbonyl (C=O) groups is 1. The molecular formula is C25H40N2O2. The van der Waals surface area contributed by atoms with Crippen molar-refractivity contribution in [3.8, 4) is 0 Å². The summed E-state index contributed by atoms with van der Waals surface area (Å²) in [5.74, 6) is 0.729. The van der Waals surface area contributed by atoms with E-state index in [0.717, 1.165) is 31.4 Å². The first-order valence-electron chi connectivity index (χ1n) is 12.2. The third-order valence-electron chi connectivity index (χ3n) is 6.85. The van der Waals surface area contributed by atoms with Crippen LogP contribution in [-0.2, 0) is 4.79 Å². The molecule has 0 saturated heterocycles. The van der Waals surface area contributed by atoms with E-state index in [0.29, 0.717) is 11.6 Å². The van der Waals surface area contributed by atoms with Gasteiger partial charge in [-0.3, -0.25) is 9.78 Å². The zero-order valence-corrected chi connectivity index (χ0v) is 18.1. The third kappa shape index (κ3) is 7.40. The highest BCUT2D eigenvalue weighted by Gasteiger charge is 2.21. The molecule has 1 amide bonds. The Kier molecular flexibility index (Phi) is 9.46. The minimum Gasteiger partial charge on any atom is -0.385 e. The van der Waals surface area contributed by atoms with Crippen molar-refractivity contribution in [1.82, 2.24) is 10.3 Å². The maximum absolute atomic E-state index is 12.7. The van der Waals surface area contributed by atoms with Crippen LogP contribution >= 0.6 is 0 Å². The topological polar surface area (TPSA) is 62.2 Å². The smallest absolute Gasteiger partial charge is 0.223 e. The van der Waals surface area contributed by atoms with Crippen LogP contribution in [0, 0.1) is 5.92 Å². The molecule has 0 radical (unpaired) electrons. The van der Waals surface area contributed by atoms with E-state index in [1.165, 1.54) is 70.6 Å². The van der Waals surface area contributed by atoms with E-state index in [4.69, 9.17) is 4.98 Å². The summed E-state index contributed by atoms with van der Waals surface area (Å²) in [7, 11) is 0. The van der Waals surface area contributed by atoms with Gasteiger partial charge in [-0.25, -0.2) is 0 Å². The lowest BCUT2D eigenvalue weighted by Gasteiger charge is -2.21. The average molecular weight is 401 g/mol. The van der Waals surface area contributed by atoms with Gasteiger partial charge in [-0.1, -0.05) is 76.7 Å². The number of aliphatic hydroxyl groups excluding tert-OH is 1. The number of nitrogens with zero attached hydrogens (tertiary/aromatic N) is 1. The van der Waals surface area contributed by atoms with E-state index in [-0.39, 0.29) is 18.4 Å². The maximum Gasteiger partial charge on any atom is 0.223 e. The first-order valence-corrected chi connectivity index (χ1v) is 12.2. The summed E-state index contributed by atoms with van der Waals surface area (Å²) in [4.78, 5) is 17.5. The second-order valence-electron chi connectivity index (χ2n) is 9.19. The summed E-state index contributed by atoms with van der Waals surface area (Å²) in [6.07, 6.45) is 17.6. The predicted molar refractivity (Wildman–Crippen MR) is 118 cm³/mol.